The van der Waals surface area contributed by atoms with Crippen LogP contribution in [0.5, 0.6) is 0 Å². The maximum absolute atomic E-state index is 9.52. The molecule has 0 radical (unpaired) electrons. The summed E-state index contributed by atoms with van der Waals surface area (Å²) >= 11 is 0. The van der Waals surface area contributed by atoms with Crippen molar-refractivity contribution >= 4 is 33.7 Å². The van der Waals surface area contributed by atoms with E-state index in [2.05, 4.69) is 26.1 Å². The third-order valence-electron chi connectivity index (χ3n) is 3.96. The molecule has 0 fully saturated rings. The number of nitriles is 1. The van der Waals surface area contributed by atoms with Gasteiger partial charge in [-0.1, -0.05) is 12.1 Å². The van der Waals surface area contributed by atoms with Gasteiger partial charge in [-0.2, -0.15) is 10.4 Å². The van der Waals surface area contributed by atoms with Crippen LogP contribution in [0, 0.1) is 18.3 Å². The second kappa shape index (κ2) is 5.32. The topological polar surface area (TPSA) is 83.2 Å². The molecule has 24 heavy (non-hydrogen) atoms. The highest BCUT2D eigenvalue weighted by Gasteiger charge is 2.10. The van der Waals surface area contributed by atoms with Gasteiger partial charge in [0.15, 0.2) is 5.65 Å². The Labute approximate surface area is 138 Å². The van der Waals surface area contributed by atoms with Crippen molar-refractivity contribution in [1.29, 1.82) is 5.26 Å². The summed E-state index contributed by atoms with van der Waals surface area (Å²) in [4.78, 5) is 12.1. The van der Waals surface area contributed by atoms with Crippen LogP contribution in [0.25, 0.3) is 33.7 Å². The second-order valence-corrected chi connectivity index (χ2v) is 5.62. The quantitative estimate of drug-likeness (QED) is 0.576. The lowest BCUT2D eigenvalue weighted by atomic mass is 10.1. The van der Waals surface area contributed by atoms with Gasteiger partial charge < -0.3 is 4.98 Å². The number of pyridine rings is 1. The number of nitrogens with one attached hydrogen (secondary N) is 1. The van der Waals surface area contributed by atoms with Crippen LogP contribution in [-0.4, -0.2) is 24.7 Å². The smallest absolute Gasteiger partial charge is 0.157 e. The van der Waals surface area contributed by atoms with Crippen molar-refractivity contribution in [2.75, 3.05) is 0 Å². The van der Waals surface area contributed by atoms with Gasteiger partial charge in [-0.3, -0.25) is 4.68 Å². The Bertz CT molecular complexity index is 1110. The van der Waals surface area contributed by atoms with Crippen LogP contribution in [0.3, 0.4) is 0 Å². The molecule has 116 valence electrons. The van der Waals surface area contributed by atoms with E-state index in [1.165, 1.54) is 0 Å². The lowest BCUT2D eigenvalue weighted by Gasteiger charge is -1.98. The predicted octanol–water partition coefficient (Wildman–Crippen LogP) is 3.22. The van der Waals surface area contributed by atoms with Crippen LogP contribution in [0.2, 0.25) is 0 Å². The molecular formula is C18H14N6. The van der Waals surface area contributed by atoms with Crippen LogP contribution in [0.4, 0.5) is 0 Å². The number of nitrogens with zero attached hydrogens (tertiary/aromatic N) is 5. The van der Waals surface area contributed by atoms with E-state index in [1.54, 1.807) is 17.0 Å². The summed E-state index contributed by atoms with van der Waals surface area (Å²) in [6.45, 7) is 1.95. The molecule has 6 heteroatoms. The Kier molecular flexibility index (Phi) is 3.14. The van der Waals surface area contributed by atoms with Crippen molar-refractivity contribution in [2.24, 2.45) is 7.05 Å². The molecule has 1 aromatic carbocycles. The fourth-order valence-electron chi connectivity index (χ4n) is 2.80. The molecule has 1 N–H and O–H groups in total. The molecule has 3 heterocycles. The summed E-state index contributed by atoms with van der Waals surface area (Å²) in [7, 11) is 1.87. The fraction of sp³-hybridized carbons (Fsp3) is 0.111. The van der Waals surface area contributed by atoms with Gasteiger partial charge >= 0.3 is 0 Å². The van der Waals surface area contributed by atoms with Crippen LogP contribution < -0.4 is 0 Å². The average molecular weight is 314 g/mol. The fourth-order valence-corrected chi connectivity index (χ4v) is 2.80. The zero-order chi connectivity index (χ0) is 16.7. The molecule has 0 aliphatic carbocycles. The first-order valence-electron chi connectivity index (χ1n) is 7.52. The van der Waals surface area contributed by atoms with Crippen LogP contribution in [0.1, 0.15) is 17.1 Å². The van der Waals surface area contributed by atoms with Gasteiger partial charge in [-0.25, -0.2) is 9.97 Å². The van der Waals surface area contributed by atoms with E-state index in [-0.39, 0.29) is 0 Å². The first-order chi connectivity index (χ1) is 11.7. The van der Waals surface area contributed by atoms with Gasteiger partial charge in [0.1, 0.15) is 11.9 Å². The third-order valence-corrected chi connectivity index (χ3v) is 3.96. The normalized spacial score (nSPS) is 12.0. The highest BCUT2D eigenvalue weighted by atomic mass is 15.3. The van der Waals surface area contributed by atoms with Crippen LogP contribution >= 0.6 is 0 Å². The number of para-hydroxylation sites is 2. The highest BCUT2D eigenvalue weighted by Crippen LogP contribution is 2.21. The van der Waals surface area contributed by atoms with E-state index in [9.17, 15) is 5.26 Å². The van der Waals surface area contributed by atoms with E-state index in [1.807, 2.05) is 44.3 Å². The van der Waals surface area contributed by atoms with E-state index in [0.717, 1.165) is 33.3 Å². The first-order valence-corrected chi connectivity index (χ1v) is 7.52. The Morgan fingerprint density at radius 2 is 2.17 bits per heavy atom. The number of hydrogen-bond donors (Lipinski definition) is 1. The maximum Gasteiger partial charge on any atom is 0.157 e. The Balaban J connectivity index is 1.82. The van der Waals surface area contributed by atoms with E-state index >= 15 is 0 Å². The molecule has 3 aromatic heterocycles. The average Bonchev–Trinajstić information content (AvgIpc) is 3.14. The molecule has 0 atom stereocenters. The molecule has 4 aromatic rings. The van der Waals surface area contributed by atoms with Gasteiger partial charge in [0.05, 0.1) is 22.3 Å². The molecule has 6 nitrogen and oxygen atoms in total. The molecule has 0 spiro atoms. The highest BCUT2D eigenvalue weighted by molar-refractivity contribution is 5.91. The van der Waals surface area contributed by atoms with Crippen molar-refractivity contribution in [3.63, 3.8) is 0 Å². The van der Waals surface area contributed by atoms with Crippen molar-refractivity contribution < 1.29 is 0 Å². The van der Waals surface area contributed by atoms with Crippen LogP contribution in [-0.2, 0) is 7.05 Å². The van der Waals surface area contributed by atoms with E-state index in [4.69, 9.17) is 0 Å². The number of aryl methyl sites for hydroxylation is 2. The van der Waals surface area contributed by atoms with Gasteiger partial charge in [-0.05, 0) is 36.8 Å². The number of hydrogen-bond acceptors (Lipinski definition) is 4. The monoisotopic (exact) mass is 314 g/mol. The molecule has 0 bridgehead atoms. The number of fused-ring (bicyclic) bond motifs is 2. The number of aromatic nitrogens is 5. The number of rotatable bonds is 2. The standard InChI is InChI=1S/C18H14N6/c1-11-14-8-12(10-20-18(14)24(2)23-11)7-13(9-19)17-21-15-5-3-4-6-16(15)22-17/h3-8,10H,1-2H3,(H,21,22)/b13-7+. The number of allylic oxidation sites excluding steroid dienone is 1. The van der Waals surface area contributed by atoms with Gasteiger partial charge in [-0.15, -0.1) is 0 Å². The lowest BCUT2D eigenvalue weighted by Crippen LogP contribution is -1.92. The summed E-state index contributed by atoms with van der Waals surface area (Å²) < 4.78 is 1.75. The molecule has 0 aliphatic heterocycles. The van der Waals surface area contributed by atoms with E-state index in [0.29, 0.717) is 11.4 Å². The largest absolute Gasteiger partial charge is 0.337 e. The number of aromatic amines is 1. The minimum atomic E-state index is 0.467. The van der Waals surface area contributed by atoms with Crippen molar-refractivity contribution in [1.82, 2.24) is 24.7 Å². The predicted molar refractivity (Wildman–Crippen MR) is 92.8 cm³/mol. The summed E-state index contributed by atoms with van der Waals surface area (Å²) in [5, 5.41) is 14.9. The minimum Gasteiger partial charge on any atom is -0.337 e. The number of H-pyrrole nitrogens is 1. The molecule has 0 saturated heterocycles. The third kappa shape index (κ3) is 2.23. The molecule has 0 aliphatic rings. The summed E-state index contributed by atoms with van der Waals surface area (Å²) in [6, 6.07) is 11.9. The van der Waals surface area contributed by atoms with Crippen molar-refractivity contribution in [2.45, 2.75) is 6.92 Å². The lowest BCUT2D eigenvalue weighted by molar-refractivity contribution is 0.774. The maximum atomic E-state index is 9.52. The molecular weight excluding hydrogens is 300 g/mol. The SMILES string of the molecule is Cc1nn(C)c2ncc(/C=C(\C#N)c3nc4ccccc4[nH]3)cc12. The molecule has 4 rings (SSSR count). The minimum absolute atomic E-state index is 0.467. The zero-order valence-electron chi connectivity index (χ0n) is 13.3. The number of benzene rings is 1. The van der Waals surface area contributed by atoms with Gasteiger partial charge in [0.2, 0.25) is 0 Å². The van der Waals surface area contributed by atoms with Crippen LogP contribution in [0.15, 0.2) is 36.5 Å². The van der Waals surface area contributed by atoms with Gasteiger partial charge in [0.25, 0.3) is 0 Å². The summed E-state index contributed by atoms with van der Waals surface area (Å²) in [5.74, 6) is 0.557. The Morgan fingerprint density at radius 1 is 1.33 bits per heavy atom. The Morgan fingerprint density at radius 3 is 2.96 bits per heavy atom. The Hall–Kier alpha value is -3.46. The molecule has 0 saturated carbocycles. The molecule has 0 amide bonds. The summed E-state index contributed by atoms with van der Waals surface area (Å²) in [6.07, 6.45) is 3.53. The van der Waals surface area contributed by atoms with Crippen molar-refractivity contribution in [3.05, 3.63) is 53.6 Å². The zero-order valence-corrected chi connectivity index (χ0v) is 13.3. The second-order valence-electron chi connectivity index (χ2n) is 5.62. The summed E-state index contributed by atoms with van der Waals surface area (Å²) in [5.41, 5.74) is 4.80. The van der Waals surface area contributed by atoms with Crippen molar-refractivity contribution in [3.8, 4) is 6.07 Å². The molecule has 0 unspecified atom stereocenters. The number of imidazole rings is 1. The van der Waals surface area contributed by atoms with Gasteiger partial charge in [0, 0.05) is 18.6 Å². The first kappa shape index (κ1) is 14.2. The van der Waals surface area contributed by atoms with E-state index < -0.39 is 0 Å².